The molecule has 0 amide bonds. The lowest BCUT2D eigenvalue weighted by molar-refractivity contribution is -0.0498. The molecule has 0 saturated carbocycles. The topological polar surface area (TPSA) is 67.3 Å². The molecule has 22 heavy (non-hydrogen) atoms. The van der Waals surface area contributed by atoms with E-state index in [2.05, 4.69) is 20.0 Å². The maximum Gasteiger partial charge on any atom is 0.387 e. The van der Waals surface area contributed by atoms with Crippen LogP contribution < -0.4 is 10.1 Å². The summed E-state index contributed by atoms with van der Waals surface area (Å²) in [5.74, 6) is 0.663. The molecule has 2 rings (SSSR count). The monoisotopic (exact) mass is 309 g/mol. The van der Waals surface area contributed by atoms with Crippen molar-refractivity contribution in [2.24, 2.45) is 0 Å². The van der Waals surface area contributed by atoms with E-state index in [9.17, 15) is 13.9 Å². The van der Waals surface area contributed by atoms with Crippen molar-refractivity contribution in [3.63, 3.8) is 0 Å². The lowest BCUT2D eigenvalue weighted by atomic mass is 10.1. The van der Waals surface area contributed by atoms with Crippen LogP contribution >= 0.6 is 0 Å². The molecule has 2 N–H and O–H groups in total. The van der Waals surface area contributed by atoms with Crippen molar-refractivity contribution < 1.29 is 18.6 Å². The summed E-state index contributed by atoms with van der Waals surface area (Å²) in [6.45, 7) is 1.02. The van der Waals surface area contributed by atoms with Gasteiger partial charge in [0.1, 0.15) is 11.6 Å². The standard InChI is InChI=1S/C15H17F2N3O2/c1-9-7-18-10(2)14(20-9)19-8-13(21)11-3-5-12(6-4-11)22-15(16)17/h3-7,13,15,21H,8H2,1-2H3,(H,19,20). The first-order valence-corrected chi connectivity index (χ1v) is 6.72. The van der Waals surface area contributed by atoms with Gasteiger partial charge in [0.25, 0.3) is 0 Å². The van der Waals surface area contributed by atoms with Gasteiger partial charge in [-0.25, -0.2) is 4.98 Å². The second-order valence-corrected chi connectivity index (χ2v) is 4.79. The Kier molecular flexibility index (Phi) is 5.21. The highest BCUT2D eigenvalue weighted by molar-refractivity contribution is 5.40. The minimum atomic E-state index is -2.86. The molecule has 0 aliphatic carbocycles. The molecular formula is C15H17F2N3O2. The van der Waals surface area contributed by atoms with Crippen LogP contribution in [0.1, 0.15) is 23.1 Å². The largest absolute Gasteiger partial charge is 0.435 e. The third-order valence-electron chi connectivity index (χ3n) is 3.03. The van der Waals surface area contributed by atoms with Crippen LogP contribution in [0.4, 0.5) is 14.6 Å². The van der Waals surface area contributed by atoms with Crippen molar-refractivity contribution in [1.82, 2.24) is 9.97 Å². The average Bonchev–Trinajstić information content (AvgIpc) is 2.48. The van der Waals surface area contributed by atoms with Gasteiger partial charge in [-0.15, -0.1) is 0 Å². The number of anilines is 1. The van der Waals surface area contributed by atoms with Gasteiger partial charge in [-0.1, -0.05) is 12.1 Å². The summed E-state index contributed by atoms with van der Waals surface area (Å²) in [5.41, 5.74) is 2.10. The van der Waals surface area contributed by atoms with E-state index in [1.807, 2.05) is 13.8 Å². The number of hydrogen-bond donors (Lipinski definition) is 2. The Labute approximate surface area is 127 Å². The van der Waals surface area contributed by atoms with Crippen molar-refractivity contribution in [2.45, 2.75) is 26.6 Å². The minimum Gasteiger partial charge on any atom is -0.435 e. The number of hydrogen-bond acceptors (Lipinski definition) is 5. The zero-order chi connectivity index (χ0) is 16.1. The third-order valence-corrected chi connectivity index (χ3v) is 3.03. The fourth-order valence-corrected chi connectivity index (χ4v) is 1.89. The number of aromatic nitrogens is 2. The number of aryl methyl sites for hydroxylation is 2. The summed E-state index contributed by atoms with van der Waals surface area (Å²) in [7, 11) is 0. The first-order valence-electron chi connectivity index (χ1n) is 6.72. The summed E-state index contributed by atoms with van der Waals surface area (Å²) >= 11 is 0. The Bertz CT molecular complexity index is 621. The molecule has 118 valence electrons. The van der Waals surface area contributed by atoms with Gasteiger partial charge < -0.3 is 15.2 Å². The third kappa shape index (κ3) is 4.36. The van der Waals surface area contributed by atoms with Gasteiger partial charge in [-0.3, -0.25) is 4.98 Å². The first kappa shape index (κ1) is 16.1. The van der Waals surface area contributed by atoms with E-state index < -0.39 is 12.7 Å². The first-order chi connectivity index (χ1) is 10.5. The number of nitrogens with zero attached hydrogens (tertiary/aromatic N) is 2. The summed E-state index contributed by atoms with van der Waals surface area (Å²) in [6.07, 6.45) is 0.862. The molecule has 2 aromatic rings. The molecule has 1 atom stereocenters. The van der Waals surface area contributed by atoms with Crippen LogP contribution in [-0.2, 0) is 0 Å². The van der Waals surface area contributed by atoms with Crippen LogP contribution in [0.3, 0.4) is 0 Å². The second kappa shape index (κ2) is 7.13. The van der Waals surface area contributed by atoms with E-state index in [1.165, 1.54) is 12.1 Å². The number of alkyl halides is 2. The normalized spacial score (nSPS) is 12.3. The van der Waals surface area contributed by atoms with E-state index in [-0.39, 0.29) is 12.3 Å². The minimum absolute atomic E-state index is 0.0549. The predicted octanol–water partition coefficient (Wildman–Crippen LogP) is 2.84. The molecule has 0 bridgehead atoms. The lowest BCUT2D eigenvalue weighted by Crippen LogP contribution is -2.14. The number of aliphatic hydroxyl groups excluding tert-OH is 1. The Morgan fingerprint density at radius 2 is 1.91 bits per heavy atom. The van der Waals surface area contributed by atoms with Gasteiger partial charge >= 0.3 is 6.61 Å². The smallest absolute Gasteiger partial charge is 0.387 e. The summed E-state index contributed by atoms with van der Waals surface area (Å²) in [5, 5.41) is 13.1. The van der Waals surface area contributed by atoms with Gasteiger partial charge in [0.05, 0.1) is 17.5 Å². The number of benzene rings is 1. The molecule has 7 heteroatoms. The van der Waals surface area contributed by atoms with Crippen LogP contribution in [0.2, 0.25) is 0 Å². The van der Waals surface area contributed by atoms with Crippen LogP contribution in [0, 0.1) is 13.8 Å². The van der Waals surface area contributed by atoms with E-state index in [1.54, 1.807) is 18.3 Å². The molecule has 1 unspecified atom stereocenters. The van der Waals surface area contributed by atoms with Crippen molar-refractivity contribution in [3.8, 4) is 5.75 Å². The van der Waals surface area contributed by atoms with Crippen molar-refractivity contribution in [1.29, 1.82) is 0 Å². The highest BCUT2D eigenvalue weighted by atomic mass is 19.3. The molecule has 0 spiro atoms. The number of rotatable bonds is 6. The maximum atomic E-state index is 12.1. The summed E-state index contributed by atoms with van der Waals surface area (Å²) < 4.78 is 28.4. The number of halogens is 2. The lowest BCUT2D eigenvalue weighted by Gasteiger charge is -2.14. The zero-order valence-corrected chi connectivity index (χ0v) is 12.3. The van der Waals surface area contributed by atoms with Crippen molar-refractivity contribution >= 4 is 5.82 Å². The van der Waals surface area contributed by atoms with Gasteiger partial charge in [0.15, 0.2) is 0 Å². The maximum absolute atomic E-state index is 12.1. The van der Waals surface area contributed by atoms with Gasteiger partial charge in [-0.05, 0) is 31.5 Å². The molecule has 0 aliphatic heterocycles. The second-order valence-electron chi connectivity index (χ2n) is 4.79. The Morgan fingerprint density at radius 3 is 2.55 bits per heavy atom. The van der Waals surface area contributed by atoms with Crippen LogP contribution in [0.25, 0.3) is 0 Å². The van der Waals surface area contributed by atoms with E-state index in [0.29, 0.717) is 11.4 Å². The van der Waals surface area contributed by atoms with Gasteiger partial charge in [0.2, 0.25) is 0 Å². The molecule has 5 nitrogen and oxygen atoms in total. The highest BCUT2D eigenvalue weighted by Crippen LogP contribution is 2.20. The SMILES string of the molecule is Cc1cnc(C)c(NCC(O)c2ccc(OC(F)F)cc2)n1. The molecule has 0 aliphatic rings. The molecule has 0 radical (unpaired) electrons. The number of aliphatic hydroxyl groups is 1. The Morgan fingerprint density at radius 1 is 1.23 bits per heavy atom. The Balaban J connectivity index is 1.97. The predicted molar refractivity (Wildman–Crippen MR) is 78.0 cm³/mol. The molecule has 1 aromatic carbocycles. The number of ether oxygens (including phenoxy) is 1. The summed E-state index contributed by atoms with van der Waals surface area (Å²) in [4.78, 5) is 8.47. The molecule has 1 heterocycles. The van der Waals surface area contributed by atoms with Crippen LogP contribution in [0.5, 0.6) is 5.75 Å². The van der Waals surface area contributed by atoms with Gasteiger partial charge in [0, 0.05) is 12.7 Å². The quantitative estimate of drug-likeness (QED) is 0.859. The van der Waals surface area contributed by atoms with E-state index >= 15 is 0 Å². The molecule has 0 fully saturated rings. The Hall–Kier alpha value is -2.28. The molecule has 0 saturated heterocycles. The van der Waals surface area contributed by atoms with Crippen molar-refractivity contribution in [2.75, 3.05) is 11.9 Å². The van der Waals surface area contributed by atoms with Gasteiger partial charge in [-0.2, -0.15) is 8.78 Å². The molecular weight excluding hydrogens is 292 g/mol. The van der Waals surface area contributed by atoms with E-state index in [4.69, 9.17) is 0 Å². The fourth-order valence-electron chi connectivity index (χ4n) is 1.89. The van der Waals surface area contributed by atoms with E-state index in [0.717, 1.165) is 11.4 Å². The zero-order valence-electron chi connectivity index (χ0n) is 12.3. The average molecular weight is 309 g/mol. The highest BCUT2D eigenvalue weighted by Gasteiger charge is 2.10. The summed E-state index contributed by atoms with van der Waals surface area (Å²) in [6, 6.07) is 5.86. The van der Waals surface area contributed by atoms with Crippen molar-refractivity contribution in [3.05, 3.63) is 47.4 Å². The fraction of sp³-hybridized carbons (Fsp3) is 0.333. The molecule has 1 aromatic heterocycles. The number of nitrogens with one attached hydrogen (secondary N) is 1. The van der Waals surface area contributed by atoms with Crippen LogP contribution in [-0.4, -0.2) is 28.2 Å². The van der Waals surface area contributed by atoms with Crippen LogP contribution in [0.15, 0.2) is 30.5 Å².